The quantitative estimate of drug-likeness (QED) is 0.488. The Morgan fingerprint density at radius 1 is 1.38 bits per heavy atom. The van der Waals surface area contributed by atoms with Crippen LogP contribution in [0.4, 0.5) is 30.5 Å². The van der Waals surface area contributed by atoms with Crippen LogP contribution in [0.2, 0.25) is 0 Å². The van der Waals surface area contributed by atoms with Gasteiger partial charge in [0.2, 0.25) is 11.8 Å². The van der Waals surface area contributed by atoms with Gasteiger partial charge in [0.15, 0.2) is 11.5 Å². The lowest BCUT2D eigenvalue weighted by molar-refractivity contribution is -0.121. The lowest BCUT2D eigenvalue weighted by Gasteiger charge is -2.14. The van der Waals surface area contributed by atoms with Crippen molar-refractivity contribution in [3.8, 4) is 11.5 Å². The maximum absolute atomic E-state index is 12.8. The summed E-state index contributed by atoms with van der Waals surface area (Å²) in [6.45, 7) is 0.389. The van der Waals surface area contributed by atoms with Crippen LogP contribution in [0.15, 0.2) is 35.2 Å². The highest BCUT2D eigenvalue weighted by Crippen LogP contribution is 2.31. The summed E-state index contributed by atoms with van der Waals surface area (Å²) >= 11 is 0. The smallest absolute Gasteiger partial charge is 0.405 e. The van der Waals surface area contributed by atoms with E-state index in [0.717, 1.165) is 6.26 Å². The van der Waals surface area contributed by atoms with E-state index in [4.69, 9.17) is 4.42 Å². The number of β-amino-alcohol motifs (C(OH)–C–C–N with tert-alkyl or cyclic N) is 1. The molecule has 2 unspecified atom stereocenters. The number of aromatic nitrogens is 4. The summed E-state index contributed by atoms with van der Waals surface area (Å²) in [5, 5.41) is 19.0. The third kappa shape index (κ3) is 4.85. The van der Waals surface area contributed by atoms with Crippen LogP contribution in [0.1, 0.15) is 17.4 Å². The SMILES string of the molecule is CC1C(=O)N(c2nn(C)cc2NC(=O)c2coc(-c3ccnc(NCC(F)(F)F)c3)n2)CC1O. The van der Waals surface area contributed by atoms with E-state index < -0.39 is 30.7 Å². The maximum Gasteiger partial charge on any atom is 0.405 e. The second-order valence-corrected chi connectivity index (χ2v) is 7.74. The Bertz CT molecular complexity index is 1220. The Kier molecular flexibility index (Phi) is 6.00. The average molecular weight is 479 g/mol. The standard InChI is InChI=1S/C20H20F3N7O4/c1-10-14(31)7-30(19(10)33)16-12(6-29(2)28-16)26-17(32)13-8-34-18(27-13)11-3-4-24-15(5-11)25-9-20(21,22)23/h3-6,8,10,14,31H,7,9H2,1-2H3,(H,24,25)(H,26,32). The fourth-order valence-corrected chi connectivity index (χ4v) is 3.35. The van der Waals surface area contributed by atoms with Crippen LogP contribution >= 0.6 is 0 Å². The van der Waals surface area contributed by atoms with Crippen molar-refractivity contribution in [3.05, 3.63) is 36.5 Å². The van der Waals surface area contributed by atoms with Gasteiger partial charge < -0.3 is 20.2 Å². The fourth-order valence-electron chi connectivity index (χ4n) is 3.35. The topological polar surface area (TPSA) is 138 Å². The minimum atomic E-state index is -4.41. The number of carbonyl (C=O) groups is 2. The Labute approximate surface area is 190 Å². The molecule has 0 bridgehead atoms. The van der Waals surface area contributed by atoms with Crippen molar-refractivity contribution >= 4 is 29.1 Å². The first-order chi connectivity index (χ1) is 16.0. The number of pyridine rings is 1. The van der Waals surface area contributed by atoms with E-state index in [9.17, 15) is 27.9 Å². The molecule has 1 aliphatic rings. The zero-order valence-electron chi connectivity index (χ0n) is 18.0. The number of halogens is 3. The molecule has 0 radical (unpaired) electrons. The van der Waals surface area contributed by atoms with E-state index in [1.807, 2.05) is 0 Å². The third-order valence-corrected chi connectivity index (χ3v) is 5.13. The molecule has 4 rings (SSSR count). The van der Waals surface area contributed by atoms with Crippen molar-refractivity contribution in [1.29, 1.82) is 0 Å². The minimum Gasteiger partial charge on any atom is -0.444 e. The number of nitrogens with zero attached hydrogens (tertiary/aromatic N) is 5. The van der Waals surface area contributed by atoms with Gasteiger partial charge in [-0.15, -0.1) is 0 Å². The summed E-state index contributed by atoms with van der Waals surface area (Å²) in [5.74, 6) is -1.43. The molecule has 2 atom stereocenters. The number of hydrogen-bond acceptors (Lipinski definition) is 8. The lowest BCUT2D eigenvalue weighted by Crippen LogP contribution is -2.28. The number of aliphatic hydroxyl groups is 1. The summed E-state index contributed by atoms with van der Waals surface area (Å²) in [6.07, 6.45) is -1.39. The summed E-state index contributed by atoms with van der Waals surface area (Å²) < 4.78 is 44.0. The largest absolute Gasteiger partial charge is 0.444 e. The minimum absolute atomic E-state index is 0.000636. The number of hydrogen-bond donors (Lipinski definition) is 3. The Hall–Kier alpha value is -3.94. The number of oxazole rings is 1. The highest BCUT2D eigenvalue weighted by molar-refractivity contribution is 6.07. The molecule has 1 fully saturated rings. The van der Waals surface area contributed by atoms with Crippen LogP contribution in [-0.4, -0.2) is 62.0 Å². The summed E-state index contributed by atoms with van der Waals surface area (Å²) in [6, 6.07) is 2.78. The number of alkyl halides is 3. The van der Waals surface area contributed by atoms with Crippen LogP contribution in [-0.2, 0) is 11.8 Å². The molecular formula is C20H20F3N7O4. The molecule has 1 saturated heterocycles. The monoisotopic (exact) mass is 479 g/mol. The van der Waals surface area contributed by atoms with Crippen LogP contribution < -0.4 is 15.5 Å². The lowest BCUT2D eigenvalue weighted by atomic mass is 10.1. The molecule has 14 heteroatoms. The first-order valence-corrected chi connectivity index (χ1v) is 10.1. The molecule has 0 aliphatic carbocycles. The number of aryl methyl sites for hydroxylation is 1. The first kappa shape index (κ1) is 23.2. The Morgan fingerprint density at radius 2 is 2.15 bits per heavy atom. The molecule has 3 N–H and O–H groups in total. The van der Waals surface area contributed by atoms with Crippen LogP contribution in [0.5, 0.6) is 0 Å². The second kappa shape index (κ2) is 8.78. The average Bonchev–Trinajstić information content (AvgIpc) is 3.47. The van der Waals surface area contributed by atoms with Crippen molar-refractivity contribution in [2.24, 2.45) is 13.0 Å². The van der Waals surface area contributed by atoms with Crippen LogP contribution in [0.25, 0.3) is 11.5 Å². The van der Waals surface area contributed by atoms with Gasteiger partial charge in [-0.1, -0.05) is 6.92 Å². The van der Waals surface area contributed by atoms with Crippen LogP contribution in [0.3, 0.4) is 0 Å². The molecule has 34 heavy (non-hydrogen) atoms. The number of nitrogens with one attached hydrogen (secondary N) is 2. The predicted octanol–water partition coefficient (Wildman–Crippen LogP) is 2.04. The van der Waals surface area contributed by atoms with E-state index in [-0.39, 0.29) is 41.4 Å². The van der Waals surface area contributed by atoms with Gasteiger partial charge in [0.1, 0.15) is 24.3 Å². The zero-order valence-corrected chi connectivity index (χ0v) is 18.0. The Morgan fingerprint density at radius 3 is 2.82 bits per heavy atom. The van der Waals surface area contributed by atoms with E-state index in [0.29, 0.717) is 5.56 Å². The molecule has 3 aromatic rings. The van der Waals surface area contributed by atoms with Gasteiger partial charge in [-0.3, -0.25) is 19.2 Å². The van der Waals surface area contributed by atoms with Crippen molar-refractivity contribution in [1.82, 2.24) is 19.7 Å². The van der Waals surface area contributed by atoms with Gasteiger partial charge in [-0.05, 0) is 12.1 Å². The number of anilines is 3. The van der Waals surface area contributed by atoms with Crippen LogP contribution in [0, 0.1) is 5.92 Å². The van der Waals surface area contributed by atoms with Crippen molar-refractivity contribution in [2.45, 2.75) is 19.2 Å². The van der Waals surface area contributed by atoms with E-state index in [1.165, 1.54) is 34.1 Å². The predicted molar refractivity (Wildman–Crippen MR) is 113 cm³/mol. The highest BCUT2D eigenvalue weighted by Gasteiger charge is 2.39. The molecule has 1 aliphatic heterocycles. The van der Waals surface area contributed by atoms with E-state index >= 15 is 0 Å². The zero-order chi connectivity index (χ0) is 24.6. The number of carbonyl (C=O) groups excluding carboxylic acids is 2. The molecule has 0 spiro atoms. The number of aliphatic hydroxyl groups excluding tert-OH is 1. The summed E-state index contributed by atoms with van der Waals surface area (Å²) in [7, 11) is 1.61. The van der Waals surface area contributed by atoms with Gasteiger partial charge in [-0.25, -0.2) is 9.97 Å². The van der Waals surface area contributed by atoms with Gasteiger partial charge in [0.25, 0.3) is 5.91 Å². The maximum atomic E-state index is 12.8. The Balaban J connectivity index is 1.50. The highest BCUT2D eigenvalue weighted by atomic mass is 19.4. The van der Waals surface area contributed by atoms with Gasteiger partial charge in [0.05, 0.1) is 24.8 Å². The molecule has 0 aromatic carbocycles. The summed E-state index contributed by atoms with van der Waals surface area (Å²) in [5.41, 5.74) is 0.438. The van der Waals surface area contributed by atoms with E-state index in [2.05, 4.69) is 25.7 Å². The molecule has 3 aromatic heterocycles. The van der Waals surface area contributed by atoms with Gasteiger partial charge in [-0.2, -0.15) is 18.3 Å². The van der Waals surface area contributed by atoms with Crippen molar-refractivity contribution in [2.75, 3.05) is 28.6 Å². The molecule has 180 valence electrons. The fraction of sp³-hybridized carbons (Fsp3) is 0.350. The first-order valence-electron chi connectivity index (χ1n) is 10.1. The molecule has 2 amide bonds. The van der Waals surface area contributed by atoms with Gasteiger partial charge in [0, 0.05) is 18.8 Å². The van der Waals surface area contributed by atoms with Crippen molar-refractivity contribution in [3.63, 3.8) is 0 Å². The molecular weight excluding hydrogens is 459 g/mol. The second-order valence-electron chi connectivity index (χ2n) is 7.74. The van der Waals surface area contributed by atoms with E-state index in [1.54, 1.807) is 14.0 Å². The normalized spacial score (nSPS) is 18.4. The number of rotatable bonds is 6. The molecule has 4 heterocycles. The third-order valence-electron chi connectivity index (χ3n) is 5.13. The molecule has 11 nitrogen and oxygen atoms in total. The number of amides is 2. The molecule has 0 saturated carbocycles. The van der Waals surface area contributed by atoms with Crippen molar-refractivity contribution < 1.29 is 32.3 Å². The van der Waals surface area contributed by atoms with Gasteiger partial charge >= 0.3 is 6.18 Å². The summed E-state index contributed by atoms with van der Waals surface area (Å²) in [4.78, 5) is 34.4.